The van der Waals surface area contributed by atoms with E-state index >= 15 is 0 Å². The average molecular weight is 190 g/mol. The normalized spacial score (nSPS) is 18.6. The zero-order valence-corrected chi connectivity index (χ0v) is 7.78. The van der Waals surface area contributed by atoms with Gasteiger partial charge in [-0.05, 0) is 24.3 Å². The Hall–Kier alpha value is -0.730. The van der Waals surface area contributed by atoms with Crippen molar-refractivity contribution >= 4 is 0 Å². The van der Waals surface area contributed by atoms with E-state index in [0.29, 0.717) is 6.42 Å². The monoisotopic (exact) mass is 190 g/mol. The molecule has 0 aromatic rings. The molecule has 0 amide bonds. The minimum Gasteiger partial charge on any atom is -0.166 e. The van der Waals surface area contributed by atoms with Crippen LogP contribution in [0.5, 0.6) is 0 Å². The molecule has 1 rings (SSSR count). The van der Waals surface area contributed by atoms with Gasteiger partial charge in [-0.15, -0.1) is 0 Å². The Morgan fingerprint density at radius 2 is 1.92 bits per heavy atom. The molecule has 0 unspecified atom stereocenters. The Labute approximate surface area is 76.1 Å². The fraction of sp³-hybridized carbons (Fsp3) is 0.600. The number of allylic oxidation sites excluding steroid dienone is 4. The summed E-state index contributed by atoms with van der Waals surface area (Å²) in [5, 5.41) is 0. The molecular weight excluding hydrogens is 177 g/mol. The number of halogens is 3. The molecule has 0 radical (unpaired) electrons. The third-order valence-electron chi connectivity index (χ3n) is 2.17. The summed E-state index contributed by atoms with van der Waals surface area (Å²) in [5.74, 6) is 0.178. The molecule has 0 fully saturated rings. The van der Waals surface area contributed by atoms with E-state index in [1.165, 1.54) is 6.08 Å². The van der Waals surface area contributed by atoms with Crippen molar-refractivity contribution in [3.63, 3.8) is 0 Å². The highest BCUT2D eigenvalue weighted by molar-refractivity contribution is 5.31. The van der Waals surface area contributed by atoms with E-state index in [1.54, 1.807) is 0 Å². The summed E-state index contributed by atoms with van der Waals surface area (Å²) in [4.78, 5) is 0. The molecule has 74 valence electrons. The summed E-state index contributed by atoms with van der Waals surface area (Å²) in [5.41, 5.74) is 0.414. The minimum absolute atomic E-state index is 0.125. The first kappa shape index (κ1) is 10.4. The van der Waals surface area contributed by atoms with Crippen molar-refractivity contribution in [1.82, 2.24) is 0 Å². The van der Waals surface area contributed by atoms with Crippen LogP contribution in [0.2, 0.25) is 0 Å². The van der Waals surface area contributed by atoms with Crippen LogP contribution in [-0.4, -0.2) is 6.18 Å². The van der Waals surface area contributed by atoms with Gasteiger partial charge in [0.2, 0.25) is 0 Å². The van der Waals surface area contributed by atoms with Crippen LogP contribution < -0.4 is 0 Å². The molecule has 0 heterocycles. The standard InChI is InChI=1S/C10H13F3/c1-7(2)8-4-3-5-9(6-8)10(11,12)13/h4,6-7H,3,5H2,1-2H3. The van der Waals surface area contributed by atoms with Gasteiger partial charge in [-0.3, -0.25) is 0 Å². The smallest absolute Gasteiger partial charge is 0.166 e. The Morgan fingerprint density at radius 1 is 1.31 bits per heavy atom. The number of hydrogen-bond acceptors (Lipinski definition) is 0. The molecule has 0 aromatic heterocycles. The first-order valence-electron chi connectivity index (χ1n) is 4.39. The second kappa shape index (κ2) is 3.56. The molecule has 0 nitrogen and oxygen atoms in total. The maximum Gasteiger partial charge on any atom is 0.412 e. The lowest BCUT2D eigenvalue weighted by molar-refractivity contribution is -0.0941. The van der Waals surface area contributed by atoms with Gasteiger partial charge in [0.25, 0.3) is 0 Å². The van der Waals surface area contributed by atoms with Gasteiger partial charge in [0, 0.05) is 5.57 Å². The molecule has 0 aliphatic heterocycles. The van der Waals surface area contributed by atoms with Crippen molar-refractivity contribution in [2.24, 2.45) is 5.92 Å². The highest BCUT2D eigenvalue weighted by Crippen LogP contribution is 2.34. The topological polar surface area (TPSA) is 0 Å². The SMILES string of the molecule is CC(C)C1=CCCC(C(F)(F)F)=C1. The number of alkyl halides is 3. The zero-order valence-electron chi connectivity index (χ0n) is 7.78. The molecule has 1 aliphatic carbocycles. The van der Waals surface area contributed by atoms with Gasteiger partial charge in [-0.1, -0.05) is 26.0 Å². The van der Waals surface area contributed by atoms with Gasteiger partial charge < -0.3 is 0 Å². The predicted molar refractivity (Wildman–Crippen MR) is 46.3 cm³/mol. The van der Waals surface area contributed by atoms with Crippen molar-refractivity contribution in [2.45, 2.75) is 32.9 Å². The Morgan fingerprint density at radius 3 is 2.38 bits per heavy atom. The number of rotatable bonds is 1. The maximum atomic E-state index is 12.3. The lowest BCUT2D eigenvalue weighted by Gasteiger charge is -2.18. The van der Waals surface area contributed by atoms with E-state index in [9.17, 15) is 13.2 Å². The Bertz CT molecular complexity index is 243. The zero-order chi connectivity index (χ0) is 10.1. The van der Waals surface area contributed by atoms with Gasteiger partial charge in [0.15, 0.2) is 0 Å². The quantitative estimate of drug-likeness (QED) is 0.589. The third kappa shape index (κ3) is 2.61. The molecule has 0 aromatic carbocycles. The Kier molecular flexibility index (Phi) is 2.84. The Balaban J connectivity index is 2.85. The van der Waals surface area contributed by atoms with Crippen LogP contribution in [0.1, 0.15) is 26.7 Å². The molecule has 1 aliphatic rings. The van der Waals surface area contributed by atoms with Crippen molar-refractivity contribution < 1.29 is 13.2 Å². The first-order chi connectivity index (χ1) is 5.91. The molecule has 0 N–H and O–H groups in total. The highest BCUT2D eigenvalue weighted by atomic mass is 19.4. The van der Waals surface area contributed by atoms with Gasteiger partial charge in [-0.25, -0.2) is 0 Å². The summed E-state index contributed by atoms with van der Waals surface area (Å²) in [6.07, 6.45) is -0.332. The molecule has 0 atom stereocenters. The average Bonchev–Trinajstić information content (AvgIpc) is 2.03. The molecule has 0 saturated heterocycles. The van der Waals surface area contributed by atoms with Crippen LogP contribution in [-0.2, 0) is 0 Å². The summed E-state index contributed by atoms with van der Waals surface area (Å²) in [6, 6.07) is 0. The van der Waals surface area contributed by atoms with Crippen molar-refractivity contribution in [3.05, 3.63) is 23.3 Å². The summed E-state index contributed by atoms with van der Waals surface area (Å²) >= 11 is 0. The van der Waals surface area contributed by atoms with Crippen molar-refractivity contribution in [1.29, 1.82) is 0 Å². The van der Waals surface area contributed by atoms with Crippen molar-refractivity contribution in [3.8, 4) is 0 Å². The van der Waals surface area contributed by atoms with Gasteiger partial charge in [-0.2, -0.15) is 13.2 Å². The number of hydrogen-bond donors (Lipinski definition) is 0. The van der Waals surface area contributed by atoms with Crippen LogP contribution in [0.25, 0.3) is 0 Å². The summed E-state index contributed by atoms with van der Waals surface area (Å²) in [7, 11) is 0. The summed E-state index contributed by atoms with van der Waals surface area (Å²) in [6.45, 7) is 3.81. The maximum absolute atomic E-state index is 12.3. The van der Waals surface area contributed by atoms with Crippen LogP contribution in [0.3, 0.4) is 0 Å². The molecule has 0 spiro atoms. The molecular formula is C10H13F3. The van der Waals surface area contributed by atoms with Gasteiger partial charge in [0.05, 0.1) is 0 Å². The van der Waals surface area contributed by atoms with Crippen LogP contribution in [0, 0.1) is 5.92 Å². The van der Waals surface area contributed by atoms with Gasteiger partial charge in [0.1, 0.15) is 0 Å². The van der Waals surface area contributed by atoms with Crippen LogP contribution >= 0.6 is 0 Å². The highest BCUT2D eigenvalue weighted by Gasteiger charge is 2.33. The van der Waals surface area contributed by atoms with E-state index in [4.69, 9.17) is 0 Å². The lowest BCUT2D eigenvalue weighted by atomic mass is 9.92. The van der Waals surface area contributed by atoms with E-state index in [0.717, 1.165) is 5.57 Å². The van der Waals surface area contributed by atoms with E-state index in [-0.39, 0.29) is 12.3 Å². The summed E-state index contributed by atoms with van der Waals surface area (Å²) < 4.78 is 36.8. The first-order valence-corrected chi connectivity index (χ1v) is 4.39. The molecule has 0 saturated carbocycles. The van der Waals surface area contributed by atoms with Gasteiger partial charge >= 0.3 is 6.18 Å². The lowest BCUT2D eigenvalue weighted by Crippen LogP contribution is -2.14. The minimum atomic E-state index is -4.14. The van der Waals surface area contributed by atoms with Crippen LogP contribution in [0.15, 0.2) is 23.3 Å². The van der Waals surface area contributed by atoms with E-state index in [1.807, 2.05) is 19.9 Å². The van der Waals surface area contributed by atoms with Crippen LogP contribution in [0.4, 0.5) is 13.2 Å². The van der Waals surface area contributed by atoms with E-state index in [2.05, 4.69) is 0 Å². The molecule has 0 bridgehead atoms. The second-order valence-corrected chi connectivity index (χ2v) is 3.56. The fourth-order valence-corrected chi connectivity index (χ4v) is 1.35. The predicted octanol–water partition coefficient (Wildman–Crippen LogP) is 3.85. The molecule has 3 heteroatoms. The van der Waals surface area contributed by atoms with Crippen molar-refractivity contribution in [2.75, 3.05) is 0 Å². The largest absolute Gasteiger partial charge is 0.412 e. The second-order valence-electron chi connectivity index (χ2n) is 3.56. The third-order valence-corrected chi connectivity index (χ3v) is 2.17. The fourth-order valence-electron chi connectivity index (χ4n) is 1.35. The van der Waals surface area contributed by atoms with E-state index < -0.39 is 11.7 Å². The molecule has 13 heavy (non-hydrogen) atoms.